The van der Waals surface area contributed by atoms with Crippen molar-refractivity contribution in [1.82, 2.24) is 5.32 Å². The van der Waals surface area contributed by atoms with E-state index in [1.807, 2.05) is 19.9 Å². The van der Waals surface area contributed by atoms with Crippen molar-refractivity contribution in [2.24, 2.45) is 5.92 Å². The van der Waals surface area contributed by atoms with Gasteiger partial charge in [0.05, 0.1) is 24.1 Å². The quantitative estimate of drug-likeness (QED) is 0.151. The van der Waals surface area contributed by atoms with Crippen LogP contribution in [0.2, 0.25) is 0 Å². The summed E-state index contributed by atoms with van der Waals surface area (Å²) >= 11 is 5.85. The molecular weight excluding hydrogens is 502 g/mol. The minimum Gasteiger partial charge on any atom is -0.459 e. The largest absolute Gasteiger partial charge is 0.459 e. The van der Waals surface area contributed by atoms with E-state index in [1.165, 1.54) is 26.0 Å². The highest BCUT2D eigenvalue weighted by Gasteiger charge is 2.51. The maximum absolute atomic E-state index is 12.3. The normalized spacial score (nSPS) is 38.1. The molecule has 9 atom stereocenters. The molecule has 37 heavy (non-hydrogen) atoms. The number of ether oxygens (including phenoxy) is 3. The number of rotatable bonds is 9. The number of carbonyl (C=O) groups is 2. The Labute approximate surface area is 224 Å². The summed E-state index contributed by atoms with van der Waals surface area (Å²) in [6.45, 7) is 10.3. The van der Waals surface area contributed by atoms with Crippen LogP contribution in [0, 0.1) is 5.92 Å². The smallest absolute Gasteiger partial charge is 0.303 e. The molecule has 2 fully saturated rings. The number of esters is 1. The molecule has 4 N–H and O–H groups in total. The zero-order valence-corrected chi connectivity index (χ0v) is 23.3. The fraction of sp³-hybridized carbons (Fsp3) is 0.704. The van der Waals surface area contributed by atoms with Crippen LogP contribution >= 0.6 is 11.6 Å². The topological polar surface area (TPSA) is 135 Å². The van der Waals surface area contributed by atoms with E-state index < -0.39 is 35.7 Å². The lowest BCUT2D eigenvalue weighted by atomic mass is 9.84. The summed E-state index contributed by atoms with van der Waals surface area (Å²) < 4.78 is 16.7. The molecule has 0 unspecified atom stereocenters. The molecule has 210 valence electrons. The molecule has 0 radical (unpaired) electrons. The molecule has 0 aromatic rings. The standard InChI is InChI=1S/C27H42ClNO8/c1-16(8-11-23-25(32)27(34,15-28)14-26(6,33)37-23)7-10-22-17(2)13-21(19(4)36-22)29-24(31)12-9-18(3)35-20(5)30/h7-9,11-12,17-19,21-23,25,32-34H,10,13-15H2,1-6H3,(H,29,31)/t17-,18-,19+,21+,22-,23+,25+,26-,27+/m0/s1. The Kier molecular flexibility index (Phi) is 11.4. The lowest BCUT2D eigenvalue weighted by Gasteiger charge is -2.46. The van der Waals surface area contributed by atoms with Gasteiger partial charge in [-0.1, -0.05) is 30.7 Å². The molecule has 0 bridgehead atoms. The number of carbonyl (C=O) groups excluding carboxylic acids is 2. The van der Waals surface area contributed by atoms with E-state index in [9.17, 15) is 24.9 Å². The molecule has 1 amide bonds. The second-order valence-electron chi connectivity index (χ2n) is 10.5. The number of nitrogens with one attached hydrogen (secondary N) is 1. The molecule has 2 rings (SSSR count). The number of alkyl halides is 1. The lowest BCUT2D eigenvalue weighted by molar-refractivity contribution is -0.302. The predicted molar refractivity (Wildman–Crippen MR) is 140 cm³/mol. The van der Waals surface area contributed by atoms with E-state index in [0.29, 0.717) is 6.42 Å². The van der Waals surface area contributed by atoms with Gasteiger partial charge in [-0.25, -0.2) is 0 Å². The zero-order valence-electron chi connectivity index (χ0n) is 22.5. The average molecular weight is 544 g/mol. The van der Waals surface area contributed by atoms with Crippen LogP contribution in [0.25, 0.3) is 0 Å². The number of allylic oxidation sites excluding steroid dienone is 2. The van der Waals surface area contributed by atoms with Crippen molar-refractivity contribution >= 4 is 23.5 Å². The van der Waals surface area contributed by atoms with Gasteiger partial charge in [-0.05, 0) is 52.5 Å². The van der Waals surface area contributed by atoms with E-state index in [2.05, 4.69) is 12.2 Å². The second-order valence-corrected chi connectivity index (χ2v) is 10.8. The molecule has 9 nitrogen and oxygen atoms in total. The molecule has 0 saturated carbocycles. The van der Waals surface area contributed by atoms with Crippen LogP contribution in [0.4, 0.5) is 0 Å². The highest BCUT2D eigenvalue weighted by Crippen LogP contribution is 2.36. The number of amides is 1. The maximum atomic E-state index is 12.3. The van der Waals surface area contributed by atoms with Crippen LogP contribution < -0.4 is 5.32 Å². The number of hydrogen-bond donors (Lipinski definition) is 4. The van der Waals surface area contributed by atoms with Crippen LogP contribution in [0.15, 0.2) is 36.0 Å². The van der Waals surface area contributed by atoms with Crippen LogP contribution in [0.3, 0.4) is 0 Å². The van der Waals surface area contributed by atoms with Gasteiger partial charge in [0.1, 0.15) is 23.9 Å². The Balaban J connectivity index is 1.91. The van der Waals surface area contributed by atoms with Crippen LogP contribution in [-0.2, 0) is 23.8 Å². The van der Waals surface area contributed by atoms with Crippen molar-refractivity contribution in [1.29, 1.82) is 0 Å². The first-order valence-corrected chi connectivity index (χ1v) is 13.2. The molecule has 10 heteroatoms. The summed E-state index contributed by atoms with van der Waals surface area (Å²) in [4.78, 5) is 23.3. The van der Waals surface area contributed by atoms with Crippen molar-refractivity contribution < 1.29 is 39.1 Å². The van der Waals surface area contributed by atoms with Crippen molar-refractivity contribution in [3.05, 3.63) is 36.0 Å². The van der Waals surface area contributed by atoms with E-state index in [4.69, 9.17) is 25.8 Å². The summed E-state index contributed by atoms with van der Waals surface area (Å²) in [5, 5.41) is 34.4. The fourth-order valence-electron chi connectivity index (χ4n) is 4.73. The predicted octanol–water partition coefficient (Wildman–Crippen LogP) is 2.51. The average Bonchev–Trinajstić information content (AvgIpc) is 2.79. The van der Waals surface area contributed by atoms with Crippen molar-refractivity contribution in [2.45, 2.75) is 109 Å². The van der Waals surface area contributed by atoms with Crippen molar-refractivity contribution in [3.8, 4) is 0 Å². The van der Waals surface area contributed by atoms with Crippen LogP contribution in [0.1, 0.15) is 60.8 Å². The van der Waals surface area contributed by atoms with Crippen LogP contribution in [0.5, 0.6) is 0 Å². The first-order chi connectivity index (χ1) is 17.2. The molecule has 2 aliphatic heterocycles. The van der Waals surface area contributed by atoms with Gasteiger partial charge in [-0.2, -0.15) is 0 Å². The zero-order chi connectivity index (χ0) is 28.0. The third-order valence-corrected chi connectivity index (χ3v) is 7.22. The number of halogens is 1. The summed E-state index contributed by atoms with van der Waals surface area (Å²) in [6, 6.07) is -0.143. The van der Waals surface area contributed by atoms with E-state index in [1.54, 1.807) is 19.1 Å². The SMILES string of the molecule is CC(=O)O[C@@H](C)C=CC(=O)N[C@@H]1C[C@H](C)[C@H](CC=C(C)C=C[C@H]2O[C@](C)(O)C[C@@](O)(CCl)[C@@H]2O)O[C@@H]1C. The van der Waals surface area contributed by atoms with E-state index >= 15 is 0 Å². The van der Waals surface area contributed by atoms with Gasteiger partial charge in [-0.15, -0.1) is 11.6 Å². The van der Waals surface area contributed by atoms with Gasteiger partial charge in [0.15, 0.2) is 5.79 Å². The Morgan fingerprint density at radius 1 is 1.24 bits per heavy atom. The second kappa shape index (κ2) is 13.4. The minimum absolute atomic E-state index is 0.0374. The monoisotopic (exact) mass is 543 g/mol. The number of hydrogen-bond acceptors (Lipinski definition) is 8. The van der Waals surface area contributed by atoms with Gasteiger partial charge in [0.2, 0.25) is 5.91 Å². The highest BCUT2D eigenvalue weighted by molar-refractivity contribution is 6.18. The number of aliphatic hydroxyl groups excluding tert-OH is 1. The molecule has 0 aromatic heterocycles. The molecule has 2 heterocycles. The number of aliphatic hydroxyl groups is 3. The summed E-state index contributed by atoms with van der Waals surface area (Å²) in [5.41, 5.74) is -0.749. The first kappa shape index (κ1) is 31.5. The minimum atomic E-state index is -1.65. The van der Waals surface area contributed by atoms with Gasteiger partial charge in [0.25, 0.3) is 0 Å². The van der Waals surface area contributed by atoms with Gasteiger partial charge in [0, 0.05) is 19.4 Å². The lowest BCUT2D eigenvalue weighted by Crippen LogP contribution is -2.61. The van der Waals surface area contributed by atoms with E-state index in [0.717, 1.165) is 12.0 Å². The molecule has 0 spiro atoms. The molecule has 0 aromatic carbocycles. The van der Waals surface area contributed by atoms with E-state index in [-0.39, 0.29) is 42.4 Å². The third-order valence-electron chi connectivity index (χ3n) is 6.75. The molecule has 2 aliphatic rings. The Morgan fingerprint density at radius 2 is 1.92 bits per heavy atom. The summed E-state index contributed by atoms with van der Waals surface area (Å²) in [7, 11) is 0. The maximum Gasteiger partial charge on any atom is 0.303 e. The van der Waals surface area contributed by atoms with Gasteiger partial charge < -0.3 is 34.8 Å². The Bertz CT molecular complexity index is 888. The molecular formula is C27H42ClNO8. The highest BCUT2D eigenvalue weighted by atomic mass is 35.5. The summed E-state index contributed by atoms with van der Waals surface area (Å²) in [5.74, 6) is -2.32. The Morgan fingerprint density at radius 3 is 2.54 bits per heavy atom. The van der Waals surface area contributed by atoms with Crippen molar-refractivity contribution in [3.63, 3.8) is 0 Å². The fourth-order valence-corrected chi connectivity index (χ4v) is 4.99. The summed E-state index contributed by atoms with van der Waals surface area (Å²) in [6.07, 6.45) is 6.62. The Hall–Kier alpha value is -1.75. The first-order valence-electron chi connectivity index (χ1n) is 12.7. The molecule has 0 aliphatic carbocycles. The van der Waals surface area contributed by atoms with Crippen LogP contribution in [-0.4, -0.2) is 81.0 Å². The third kappa shape index (κ3) is 9.50. The van der Waals surface area contributed by atoms with Gasteiger partial charge in [-0.3, -0.25) is 9.59 Å². The van der Waals surface area contributed by atoms with Crippen molar-refractivity contribution in [2.75, 3.05) is 5.88 Å². The molecule has 2 saturated heterocycles. The van der Waals surface area contributed by atoms with Gasteiger partial charge >= 0.3 is 5.97 Å².